The number of halogens is 4. The number of hydrogen-bond acceptors (Lipinski definition) is 4. The highest BCUT2D eigenvalue weighted by Gasteiger charge is 2.39. The van der Waals surface area contributed by atoms with Crippen molar-refractivity contribution in [2.24, 2.45) is 5.73 Å². The van der Waals surface area contributed by atoms with E-state index in [1.165, 1.54) is 0 Å². The maximum Gasteiger partial charge on any atom is 0.263 e. The summed E-state index contributed by atoms with van der Waals surface area (Å²) in [5.41, 5.74) is 5.09. The Balaban J connectivity index is 0.00000147. The average Bonchev–Trinajstić information content (AvgIpc) is 2.74. The van der Waals surface area contributed by atoms with Gasteiger partial charge in [-0.2, -0.15) is 4.98 Å². The summed E-state index contributed by atoms with van der Waals surface area (Å²) < 4.78 is 32.8. The Bertz CT molecular complexity index is 622. The number of nitrogens with zero attached hydrogens (tertiary/aromatic N) is 2. The predicted molar refractivity (Wildman–Crippen MR) is 74.3 cm³/mol. The molecule has 0 radical (unpaired) electrons. The molecule has 108 valence electrons. The summed E-state index contributed by atoms with van der Waals surface area (Å²) in [6.07, 6.45) is 2.48. The second-order valence-electron chi connectivity index (χ2n) is 4.68. The third-order valence-corrected chi connectivity index (χ3v) is 3.80. The normalized spacial score (nSPS) is 16.4. The van der Waals surface area contributed by atoms with Crippen LogP contribution in [0.15, 0.2) is 21.1 Å². The van der Waals surface area contributed by atoms with Gasteiger partial charge in [0.05, 0.1) is 5.54 Å². The van der Waals surface area contributed by atoms with Gasteiger partial charge in [-0.25, -0.2) is 8.78 Å². The molecule has 4 nitrogen and oxygen atoms in total. The van der Waals surface area contributed by atoms with Crippen LogP contribution in [0.3, 0.4) is 0 Å². The molecule has 2 N–H and O–H groups in total. The van der Waals surface area contributed by atoms with Crippen molar-refractivity contribution in [1.82, 2.24) is 10.1 Å². The van der Waals surface area contributed by atoms with Crippen molar-refractivity contribution < 1.29 is 13.3 Å². The Kier molecular flexibility index (Phi) is 4.13. The molecule has 1 aliphatic rings. The molecule has 1 aromatic heterocycles. The number of benzene rings is 1. The zero-order valence-corrected chi connectivity index (χ0v) is 12.6. The molecule has 0 aliphatic heterocycles. The van der Waals surface area contributed by atoms with E-state index >= 15 is 0 Å². The minimum absolute atomic E-state index is 0. The van der Waals surface area contributed by atoms with Gasteiger partial charge < -0.3 is 10.3 Å². The van der Waals surface area contributed by atoms with Crippen molar-refractivity contribution in [3.8, 4) is 11.5 Å². The van der Waals surface area contributed by atoms with E-state index in [1.54, 1.807) is 0 Å². The van der Waals surface area contributed by atoms with E-state index in [4.69, 9.17) is 10.3 Å². The van der Waals surface area contributed by atoms with E-state index in [1.807, 2.05) is 0 Å². The molecule has 1 heterocycles. The van der Waals surface area contributed by atoms with E-state index in [-0.39, 0.29) is 23.9 Å². The molecule has 20 heavy (non-hydrogen) atoms. The van der Waals surface area contributed by atoms with Crippen LogP contribution < -0.4 is 5.73 Å². The standard InChI is InChI=1S/C12H10BrF2N3O.ClH/c13-6-4-7(14)9(8(15)5-6)10-17-11(18-19-10)12(16)2-1-3-12;/h4-5H,1-3,16H2;1H. The largest absolute Gasteiger partial charge is 0.334 e. The zero-order chi connectivity index (χ0) is 13.6. The van der Waals surface area contributed by atoms with E-state index in [0.29, 0.717) is 10.3 Å². The van der Waals surface area contributed by atoms with Crippen molar-refractivity contribution >= 4 is 28.3 Å². The first-order chi connectivity index (χ1) is 8.99. The number of nitrogens with two attached hydrogens (primary N) is 1. The lowest BCUT2D eigenvalue weighted by Crippen LogP contribution is -2.44. The van der Waals surface area contributed by atoms with Gasteiger partial charge in [0.25, 0.3) is 5.89 Å². The van der Waals surface area contributed by atoms with Gasteiger partial charge in [-0.15, -0.1) is 12.4 Å². The van der Waals surface area contributed by atoms with E-state index < -0.39 is 17.2 Å². The van der Waals surface area contributed by atoms with Gasteiger partial charge in [0.1, 0.15) is 17.2 Å². The smallest absolute Gasteiger partial charge is 0.263 e. The molecule has 0 atom stereocenters. The number of rotatable bonds is 2. The molecule has 1 aromatic carbocycles. The molecule has 1 saturated carbocycles. The number of aromatic nitrogens is 2. The van der Waals surface area contributed by atoms with Crippen LogP contribution in [0.2, 0.25) is 0 Å². The second kappa shape index (κ2) is 5.38. The Labute approximate surface area is 128 Å². The molecule has 0 amide bonds. The Morgan fingerprint density at radius 1 is 1.25 bits per heavy atom. The van der Waals surface area contributed by atoms with Crippen molar-refractivity contribution in [1.29, 1.82) is 0 Å². The maximum absolute atomic E-state index is 13.8. The Morgan fingerprint density at radius 2 is 1.85 bits per heavy atom. The summed E-state index contributed by atoms with van der Waals surface area (Å²) in [5.74, 6) is -1.41. The minimum atomic E-state index is -0.762. The molecule has 0 unspecified atom stereocenters. The first-order valence-electron chi connectivity index (χ1n) is 5.77. The minimum Gasteiger partial charge on any atom is -0.334 e. The molecule has 2 aromatic rings. The molecule has 0 spiro atoms. The molecule has 1 aliphatic carbocycles. The molecular weight excluding hydrogens is 356 g/mol. The van der Waals surface area contributed by atoms with Crippen LogP contribution in [-0.2, 0) is 5.54 Å². The molecule has 0 bridgehead atoms. The first-order valence-corrected chi connectivity index (χ1v) is 6.57. The summed E-state index contributed by atoms with van der Waals surface area (Å²) in [6.45, 7) is 0. The highest BCUT2D eigenvalue weighted by molar-refractivity contribution is 9.10. The van der Waals surface area contributed by atoms with Gasteiger partial charge >= 0.3 is 0 Å². The van der Waals surface area contributed by atoms with Gasteiger partial charge in [-0.05, 0) is 31.4 Å². The SMILES string of the molecule is Cl.NC1(c2noc(-c3c(F)cc(Br)cc3F)n2)CCC1. The van der Waals surface area contributed by atoms with E-state index in [9.17, 15) is 8.78 Å². The lowest BCUT2D eigenvalue weighted by atomic mass is 9.77. The summed E-state index contributed by atoms with van der Waals surface area (Å²) in [4.78, 5) is 4.03. The summed E-state index contributed by atoms with van der Waals surface area (Å²) in [5, 5.41) is 3.73. The average molecular weight is 367 g/mol. The van der Waals surface area contributed by atoms with Crippen LogP contribution in [0, 0.1) is 11.6 Å². The quantitative estimate of drug-likeness (QED) is 0.883. The van der Waals surface area contributed by atoms with Crippen molar-refractivity contribution in [2.75, 3.05) is 0 Å². The second-order valence-corrected chi connectivity index (χ2v) is 5.59. The van der Waals surface area contributed by atoms with Gasteiger partial charge in [0, 0.05) is 4.47 Å². The zero-order valence-electron chi connectivity index (χ0n) is 10.2. The van der Waals surface area contributed by atoms with Gasteiger partial charge in [0.2, 0.25) is 0 Å². The maximum atomic E-state index is 13.8. The van der Waals surface area contributed by atoms with Crippen LogP contribution >= 0.6 is 28.3 Å². The van der Waals surface area contributed by atoms with Crippen LogP contribution in [-0.4, -0.2) is 10.1 Å². The third-order valence-electron chi connectivity index (χ3n) is 3.34. The number of hydrogen-bond donors (Lipinski definition) is 1. The fourth-order valence-electron chi connectivity index (χ4n) is 2.06. The van der Waals surface area contributed by atoms with Gasteiger partial charge in [0.15, 0.2) is 5.82 Å². The van der Waals surface area contributed by atoms with Crippen molar-refractivity contribution in [3.63, 3.8) is 0 Å². The van der Waals surface area contributed by atoms with Crippen LogP contribution in [0.1, 0.15) is 25.1 Å². The topological polar surface area (TPSA) is 64.9 Å². The highest BCUT2D eigenvalue weighted by Crippen LogP contribution is 2.38. The molecule has 0 saturated heterocycles. The fraction of sp³-hybridized carbons (Fsp3) is 0.333. The van der Waals surface area contributed by atoms with E-state index in [0.717, 1.165) is 31.4 Å². The Hall–Kier alpha value is -1.05. The molecule has 8 heteroatoms. The van der Waals surface area contributed by atoms with Crippen LogP contribution in [0.4, 0.5) is 8.78 Å². The van der Waals surface area contributed by atoms with Gasteiger partial charge in [-0.3, -0.25) is 0 Å². The first kappa shape index (κ1) is 15.3. The summed E-state index contributed by atoms with van der Waals surface area (Å²) >= 11 is 3.01. The van der Waals surface area contributed by atoms with Crippen molar-refractivity contribution in [2.45, 2.75) is 24.8 Å². The summed E-state index contributed by atoms with van der Waals surface area (Å²) in [7, 11) is 0. The fourth-order valence-corrected chi connectivity index (χ4v) is 2.46. The molecule has 1 fully saturated rings. The van der Waals surface area contributed by atoms with E-state index in [2.05, 4.69) is 26.1 Å². The Morgan fingerprint density at radius 3 is 2.35 bits per heavy atom. The molecular formula is C12H11BrClF2N3O. The monoisotopic (exact) mass is 365 g/mol. The lowest BCUT2D eigenvalue weighted by molar-refractivity contribution is 0.229. The predicted octanol–water partition coefficient (Wildman–Crippen LogP) is 3.54. The lowest BCUT2D eigenvalue weighted by Gasteiger charge is -2.34. The van der Waals surface area contributed by atoms with Gasteiger partial charge in [-0.1, -0.05) is 21.1 Å². The third kappa shape index (κ3) is 2.45. The molecule has 3 rings (SSSR count). The van der Waals surface area contributed by atoms with Crippen molar-refractivity contribution in [3.05, 3.63) is 34.1 Å². The van der Waals surface area contributed by atoms with Crippen LogP contribution in [0.5, 0.6) is 0 Å². The van der Waals surface area contributed by atoms with Crippen LogP contribution in [0.25, 0.3) is 11.5 Å². The highest BCUT2D eigenvalue weighted by atomic mass is 79.9. The summed E-state index contributed by atoms with van der Waals surface area (Å²) in [6, 6.07) is 2.29.